The normalized spacial score (nSPS) is 20.6. The Morgan fingerprint density at radius 1 is 1.40 bits per heavy atom. The van der Waals surface area contributed by atoms with Gasteiger partial charge < -0.3 is 10.4 Å². The third-order valence-corrected chi connectivity index (χ3v) is 4.43. The van der Waals surface area contributed by atoms with E-state index in [-0.39, 0.29) is 6.61 Å². The number of aliphatic hydroxyl groups is 1. The Bertz CT molecular complexity index is 427. The molecule has 112 valence electrons. The molecule has 3 heteroatoms. The number of nitrogens with one attached hydrogen (secondary N) is 1. The quantitative estimate of drug-likeness (QED) is 0.837. The van der Waals surface area contributed by atoms with Crippen LogP contribution in [0.3, 0.4) is 0 Å². The van der Waals surface area contributed by atoms with Gasteiger partial charge in [-0.25, -0.2) is 0 Å². The van der Waals surface area contributed by atoms with Crippen LogP contribution < -0.4 is 5.32 Å². The zero-order chi connectivity index (χ0) is 14.5. The second-order valence-corrected chi connectivity index (χ2v) is 6.05. The number of benzene rings is 1. The summed E-state index contributed by atoms with van der Waals surface area (Å²) in [6.07, 6.45) is 2.52. The molecule has 2 rings (SSSR count). The van der Waals surface area contributed by atoms with Gasteiger partial charge in [0.15, 0.2) is 0 Å². The number of aryl methyl sites for hydroxylation is 2. The van der Waals surface area contributed by atoms with Crippen LogP contribution in [0.15, 0.2) is 18.2 Å². The molecule has 1 fully saturated rings. The third kappa shape index (κ3) is 3.81. The van der Waals surface area contributed by atoms with E-state index >= 15 is 0 Å². The highest BCUT2D eigenvalue weighted by Crippen LogP contribution is 2.25. The summed E-state index contributed by atoms with van der Waals surface area (Å²) in [4.78, 5) is 2.40. The first kappa shape index (κ1) is 15.5. The molecule has 1 aliphatic rings. The van der Waals surface area contributed by atoms with Gasteiger partial charge in [-0.05, 0) is 51.3 Å². The topological polar surface area (TPSA) is 35.5 Å². The molecular formula is C17H28N2O. The number of rotatable bonds is 6. The lowest BCUT2D eigenvalue weighted by Crippen LogP contribution is -2.40. The van der Waals surface area contributed by atoms with Crippen LogP contribution in [-0.4, -0.2) is 42.3 Å². The summed E-state index contributed by atoms with van der Waals surface area (Å²) in [7, 11) is 0. The zero-order valence-electron chi connectivity index (χ0n) is 13.0. The molecule has 0 bridgehead atoms. The van der Waals surface area contributed by atoms with Crippen LogP contribution in [-0.2, 0) is 0 Å². The standard InChI is InChI=1S/C17H28N2O/c1-13-6-7-17(14(2)11-13)15(3)19(9-10-20)12-16-5-4-8-18-16/h6-7,11,15-16,18,20H,4-5,8-10,12H2,1-3H3. The van der Waals surface area contributed by atoms with Crippen LogP contribution >= 0.6 is 0 Å². The Morgan fingerprint density at radius 2 is 2.20 bits per heavy atom. The van der Waals surface area contributed by atoms with Crippen molar-refractivity contribution in [2.24, 2.45) is 0 Å². The highest BCUT2D eigenvalue weighted by molar-refractivity contribution is 5.32. The van der Waals surface area contributed by atoms with E-state index in [0.29, 0.717) is 12.1 Å². The molecule has 20 heavy (non-hydrogen) atoms. The van der Waals surface area contributed by atoms with Crippen LogP contribution in [0.25, 0.3) is 0 Å². The lowest BCUT2D eigenvalue weighted by molar-refractivity contribution is 0.147. The van der Waals surface area contributed by atoms with Gasteiger partial charge in [0.1, 0.15) is 0 Å². The fourth-order valence-electron chi connectivity index (χ4n) is 3.26. The van der Waals surface area contributed by atoms with E-state index in [2.05, 4.69) is 49.2 Å². The van der Waals surface area contributed by atoms with E-state index in [1.807, 2.05) is 0 Å². The minimum atomic E-state index is 0.224. The summed E-state index contributed by atoms with van der Waals surface area (Å²) in [5.74, 6) is 0. The third-order valence-electron chi connectivity index (χ3n) is 4.43. The fourth-order valence-corrected chi connectivity index (χ4v) is 3.26. The van der Waals surface area contributed by atoms with E-state index in [4.69, 9.17) is 0 Å². The summed E-state index contributed by atoms with van der Waals surface area (Å²) >= 11 is 0. The maximum Gasteiger partial charge on any atom is 0.0558 e. The molecule has 2 N–H and O–H groups in total. The molecule has 0 radical (unpaired) electrons. The number of hydrogen-bond acceptors (Lipinski definition) is 3. The van der Waals surface area contributed by atoms with Gasteiger partial charge in [0.25, 0.3) is 0 Å². The summed E-state index contributed by atoms with van der Waals surface area (Å²) in [5, 5.41) is 12.9. The number of hydrogen-bond donors (Lipinski definition) is 2. The second kappa shape index (κ2) is 7.21. The number of aliphatic hydroxyl groups excluding tert-OH is 1. The van der Waals surface area contributed by atoms with Crippen LogP contribution in [0.2, 0.25) is 0 Å². The molecule has 0 spiro atoms. The van der Waals surface area contributed by atoms with E-state index in [1.54, 1.807) is 0 Å². The molecule has 0 saturated carbocycles. The predicted octanol–water partition coefficient (Wildman–Crippen LogP) is 2.41. The summed E-state index contributed by atoms with van der Waals surface area (Å²) < 4.78 is 0. The van der Waals surface area contributed by atoms with Gasteiger partial charge in [-0.3, -0.25) is 4.90 Å². The molecule has 1 aromatic carbocycles. The Kier molecular flexibility index (Phi) is 5.58. The first-order valence-electron chi connectivity index (χ1n) is 7.77. The SMILES string of the molecule is Cc1ccc(C(C)N(CCO)CC2CCCN2)c(C)c1. The monoisotopic (exact) mass is 276 g/mol. The average Bonchev–Trinajstić information content (AvgIpc) is 2.90. The van der Waals surface area contributed by atoms with Crippen molar-refractivity contribution in [3.63, 3.8) is 0 Å². The van der Waals surface area contributed by atoms with Crippen LogP contribution in [0, 0.1) is 13.8 Å². The smallest absolute Gasteiger partial charge is 0.0558 e. The predicted molar refractivity (Wildman–Crippen MR) is 84.0 cm³/mol. The van der Waals surface area contributed by atoms with Crippen molar-refractivity contribution in [1.82, 2.24) is 10.2 Å². The van der Waals surface area contributed by atoms with Gasteiger partial charge in [0.05, 0.1) is 6.61 Å². The first-order chi connectivity index (χ1) is 9.61. The zero-order valence-corrected chi connectivity index (χ0v) is 13.0. The molecule has 2 unspecified atom stereocenters. The molecule has 2 atom stereocenters. The van der Waals surface area contributed by atoms with Crippen molar-refractivity contribution in [3.8, 4) is 0 Å². The van der Waals surface area contributed by atoms with Gasteiger partial charge in [-0.15, -0.1) is 0 Å². The Morgan fingerprint density at radius 3 is 2.80 bits per heavy atom. The number of nitrogens with zero attached hydrogens (tertiary/aromatic N) is 1. The van der Waals surface area contributed by atoms with E-state index in [1.165, 1.54) is 29.5 Å². The second-order valence-electron chi connectivity index (χ2n) is 6.05. The maximum atomic E-state index is 9.36. The fraction of sp³-hybridized carbons (Fsp3) is 0.647. The molecule has 3 nitrogen and oxygen atoms in total. The molecule has 1 heterocycles. The Balaban J connectivity index is 2.10. The van der Waals surface area contributed by atoms with E-state index in [0.717, 1.165) is 19.6 Å². The van der Waals surface area contributed by atoms with Crippen molar-refractivity contribution in [3.05, 3.63) is 34.9 Å². The molecule has 1 aromatic rings. The molecule has 1 saturated heterocycles. The Labute approximate surface area is 123 Å². The van der Waals surface area contributed by atoms with Crippen molar-refractivity contribution >= 4 is 0 Å². The molecule has 0 aromatic heterocycles. The van der Waals surface area contributed by atoms with Gasteiger partial charge in [-0.1, -0.05) is 23.8 Å². The van der Waals surface area contributed by atoms with Crippen LogP contribution in [0.1, 0.15) is 42.5 Å². The minimum absolute atomic E-state index is 0.224. The van der Waals surface area contributed by atoms with E-state index < -0.39 is 0 Å². The molecule has 0 aliphatic carbocycles. The van der Waals surface area contributed by atoms with Crippen molar-refractivity contribution < 1.29 is 5.11 Å². The van der Waals surface area contributed by atoms with Crippen molar-refractivity contribution in [2.75, 3.05) is 26.2 Å². The lowest BCUT2D eigenvalue weighted by atomic mass is 9.98. The summed E-state index contributed by atoms with van der Waals surface area (Å²) in [6.45, 7) is 9.70. The Hall–Kier alpha value is -0.900. The summed E-state index contributed by atoms with van der Waals surface area (Å²) in [6, 6.07) is 7.60. The van der Waals surface area contributed by atoms with Crippen molar-refractivity contribution in [1.29, 1.82) is 0 Å². The van der Waals surface area contributed by atoms with Gasteiger partial charge in [-0.2, -0.15) is 0 Å². The van der Waals surface area contributed by atoms with E-state index in [9.17, 15) is 5.11 Å². The molecular weight excluding hydrogens is 248 g/mol. The summed E-state index contributed by atoms with van der Waals surface area (Å²) in [5.41, 5.74) is 4.03. The largest absolute Gasteiger partial charge is 0.395 e. The first-order valence-corrected chi connectivity index (χ1v) is 7.77. The highest BCUT2D eigenvalue weighted by atomic mass is 16.3. The average molecular weight is 276 g/mol. The van der Waals surface area contributed by atoms with Gasteiger partial charge in [0.2, 0.25) is 0 Å². The maximum absolute atomic E-state index is 9.36. The van der Waals surface area contributed by atoms with Gasteiger partial charge in [0, 0.05) is 25.2 Å². The minimum Gasteiger partial charge on any atom is -0.395 e. The van der Waals surface area contributed by atoms with Gasteiger partial charge >= 0.3 is 0 Å². The van der Waals surface area contributed by atoms with Crippen LogP contribution in [0.5, 0.6) is 0 Å². The molecule has 0 amide bonds. The lowest BCUT2D eigenvalue weighted by Gasteiger charge is -2.32. The molecule has 1 aliphatic heterocycles. The van der Waals surface area contributed by atoms with Crippen molar-refractivity contribution in [2.45, 2.75) is 45.7 Å². The highest BCUT2D eigenvalue weighted by Gasteiger charge is 2.22. The van der Waals surface area contributed by atoms with Crippen LogP contribution in [0.4, 0.5) is 0 Å².